The number of amides is 1. The third-order valence-electron chi connectivity index (χ3n) is 5.12. The standard InChI is InChI=1S/C25H23FN2O3S/c26-22-8-4-7-20(17-22)18-28(24-13-14-24)25(29)21-9-11-23(12-10-21)27-32(30,31)16-15-19-5-2-1-3-6-19/h1-12,15-17,24,27H,13-14,18H2/b16-15+. The molecule has 0 atom stereocenters. The van der Waals surface area contributed by atoms with Crippen LogP contribution >= 0.6 is 0 Å². The Morgan fingerprint density at radius 3 is 2.38 bits per heavy atom. The second-order valence-electron chi connectivity index (χ2n) is 7.73. The van der Waals surface area contributed by atoms with Crippen LogP contribution in [-0.4, -0.2) is 25.3 Å². The summed E-state index contributed by atoms with van der Waals surface area (Å²) in [6.45, 7) is 0.333. The normalized spacial score (nSPS) is 13.8. The Labute approximate surface area is 187 Å². The van der Waals surface area contributed by atoms with Crippen LogP contribution in [0.25, 0.3) is 6.08 Å². The Kier molecular flexibility index (Phi) is 6.37. The Morgan fingerprint density at radius 2 is 1.72 bits per heavy atom. The molecule has 0 aromatic heterocycles. The predicted molar refractivity (Wildman–Crippen MR) is 124 cm³/mol. The molecule has 0 unspecified atom stereocenters. The van der Waals surface area contributed by atoms with Crippen molar-refractivity contribution < 1.29 is 17.6 Å². The van der Waals surface area contributed by atoms with Crippen molar-refractivity contribution in [2.75, 3.05) is 4.72 Å². The van der Waals surface area contributed by atoms with Crippen molar-refractivity contribution in [1.82, 2.24) is 4.90 Å². The number of hydrogen-bond acceptors (Lipinski definition) is 3. The molecule has 7 heteroatoms. The van der Waals surface area contributed by atoms with Crippen molar-refractivity contribution in [3.63, 3.8) is 0 Å². The van der Waals surface area contributed by atoms with E-state index in [4.69, 9.17) is 0 Å². The van der Waals surface area contributed by atoms with Gasteiger partial charge in [-0.2, -0.15) is 0 Å². The molecule has 1 aliphatic carbocycles. The van der Waals surface area contributed by atoms with Gasteiger partial charge in [0.05, 0.1) is 5.41 Å². The summed E-state index contributed by atoms with van der Waals surface area (Å²) in [5.41, 5.74) is 2.33. The number of carbonyl (C=O) groups is 1. The van der Waals surface area contributed by atoms with Gasteiger partial charge in [0.2, 0.25) is 0 Å². The van der Waals surface area contributed by atoms with E-state index in [9.17, 15) is 17.6 Å². The van der Waals surface area contributed by atoms with E-state index in [0.717, 1.165) is 29.4 Å². The van der Waals surface area contributed by atoms with E-state index in [1.54, 1.807) is 41.3 Å². The van der Waals surface area contributed by atoms with Gasteiger partial charge in [-0.05, 0) is 66.4 Å². The molecule has 1 saturated carbocycles. The lowest BCUT2D eigenvalue weighted by molar-refractivity contribution is 0.0729. The first-order valence-electron chi connectivity index (χ1n) is 10.3. The molecule has 164 valence electrons. The molecule has 1 amide bonds. The van der Waals surface area contributed by atoms with E-state index < -0.39 is 10.0 Å². The Hall–Kier alpha value is -3.45. The maximum absolute atomic E-state index is 13.5. The lowest BCUT2D eigenvalue weighted by atomic mass is 10.1. The van der Waals surface area contributed by atoms with Crippen LogP contribution in [0.4, 0.5) is 10.1 Å². The van der Waals surface area contributed by atoms with E-state index in [1.165, 1.54) is 18.2 Å². The van der Waals surface area contributed by atoms with E-state index in [1.807, 2.05) is 30.3 Å². The second kappa shape index (κ2) is 9.36. The number of sulfonamides is 1. The summed E-state index contributed by atoms with van der Waals surface area (Å²) in [4.78, 5) is 14.8. The van der Waals surface area contributed by atoms with Gasteiger partial charge >= 0.3 is 0 Å². The van der Waals surface area contributed by atoms with E-state index in [-0.39, 0.29) is 17.8 Å². The fourth-order valence-corrected chi connectivity index (χ4v) is 4.23. The lowest BCUT2D eigenvalue weighted by Gasteiger charge is -2.23. The van der Waals surface area contributed by atoms with Crippen LogP contribution in [0.15, 0.2) is 84.3 Å². The molecule has 0 heterocycles. The molecule has 1 fully saturated rings. The summed E-state index contributed by atoms with van der Waals surface area (Å²) in [7, 11) is -3.69. The molecule has 1 aliphatic rings. The number of nitrogens with one attached hydrogen (secondary N) is 1. The SMILES string of the molecule is O=C(c1ccc(NS(=O)(=O)/C=C/c2ccccc2)cc1)N(Cc1cccc(F)c1)C1CC1. The third kappa shape index (κ3) is 5.82. The van der Waals surface area contributed by atoms with Gasteiger partial charge in [-0.3, -0.25) is 9.52 Å². The van der Waals surface area contributed by atoms with Gasteiger partial charge in [-0.1, -0.05) is 42.5 Å². The largest absolute Gasteiger partial charge is 0.331 e. The highest BCUT2D eigenvalue weighted by Crippen LogP contribution is 2.30. The van der Waals surface area contributed by atoms with Gasteiger partial charge in [0.15, 0.2) is 0 Å². The smallest absolute Gasteiger partial charge is 0.255 e. The summed E-state index contributed by atoms with van der Waals surface area (Å²) in [5.74, 6) is -0.487. The molecular formula is C25H23FN2O3S. The van der Waals surface area contributed by atoms with Crippen LogP contribution in [0.1, 0.15) is 34.3 Å². The molecule has 4 rings (SSSR count). The molecule has 1 N–H and O–H groups in total. The fourth-order valence-electron chi connectivity index (χ4n) is 3.36. The van der Waals surface area contributed by atoms with Crippen molar-refractivity contribution in [2.45, 2.75) is 25.4 Å². The Morgan fingerprint density at radius 1 is 1.00 bits per heavy atom. The minimum absolute atomic E-state index is 0.145. The number of rotatable bonds is 8. The highest BCUT2D eigenvalue weighted by atomic mass is 32.2. The van der Waals surface area contributed by atoms with Crippen LogP contribution in [0.3, 0.4) is 0 Å². The molecule has 5 nitrogen and oxygen atoms in total. The Balaban J connectivity index is 1.44. The minimum Gasteiger partial charge on any atom is -0.331 e. The lowest BCUT2D eigenvalue weighted by Crippen LogP contribution is -2.32. The van der Waals surface area contributed by atoms with Gasteiger partial charge in [-0.25, -0.2) is 12.8 Å². The highest BCUT2D eigenvalue weighted by molar-refractivity contribution is 7.95. The maximum Gasteiger partial charge on any atom is 0.255 e. The molecule has 0 bridgehead atoms. The molecular weight excluding hydrogens is 427 g/mol. The second-order valence-corrected chi connectivity index (χ2v) is 9.30. The van der Waals surface area contributed by atoms with Crippen LogP contribution in [-0.2, 0) is 16.6 Å². The zero-order valence-electron chi connectivity index (χ0n) is 17.3. The molecule has 3 aromatic rings. The van der Waals surface area contributed by atoms with Crippen LogP contribution in [0.2, 0.25) is 0 Å². The average molecular weight is 451 g/mol. The molecule has 0 aliphatic heterocycles. The van der Waals surface area contributed by atoms with Crippen molar-refractivity contribution in [3.05, 3.63) is 107 Å². The predicted octanol–water partition coefficient (Wildman–Crippen LogP) is 5.04. The van der Waals surface area contributed by atoms with E-state index in [2.05, 4.69) is 4.72 Å². The van der Waals surface area contributed by atoms with Crippen molar-refractivity contribution in [1.29, 1.82) is 0 Å². The summed E-state index contributed by atoms with van der Waals surface area (Å²) in [6.07, 6.45) is 3.36. The first-order valence-corrected chi connectivity index (χ1v) is 11.9. The van der Waals surface area contributed by atoms with Crippen LogP contribution < -0.4 is 4.72 Å². The first kappa shape index (κ1) is 21.8. The van der Waals surface area contributed by atoms with Crippen molar-refractivity contribution in [3.8, 4) is 0 Å². The van der Waals surface area contributed by atoms with Crippen molar-refractivity contribution in [2.24, 2.45) is 0 Å². The molecule has 0 radical (unpaired) electrons. The zero-order chi connectivity index (χ0) is 22.6. The minimum atomic E-state index is -3.69. The fraction of sp³-hybridized carbons (Fsp3) is 0.160. The molecule has 0 spiro atoms. The van der Waals surface area contributed by atoms with Crippen molar-refractivity contribution >= 4 is 27.7 Å². The third-order valence-corrected chi connectivity index (χ3v) is 6.14. The van der Waals surface area contributed by atoms with Gasteiger partial charge in [0.1, 0.15) is 5.82 Å². The van der Waals surface area contributed by atoms with E-state index in [0.29, 0.717) is 17.8 Å². The summed E-state index contributed by atoms with van der Waals surface area (Å²) < 4.78 is 40.7. The summed E-state index contributed by atoms with van der Waals surface area (Å²) in [5, 5.41) is 1.11. The molecule has 3 aromatic carbocycles. The van der Waals surface area contributed by atoms with Gasteiger partial charge in [-0.15, -0.1) is 0 Å². The topological polar surface area (TPSA) is 66.5 Å². The average Bonchev–Trinajstić information content (AvgIpc) is 3.62. The number of hydrogen-bond donors (Lipinski definition) is 1. The van der Waals surface area contributed by atoms with Crippen LogP contribution in [0.5, 0.6) is 0 Å². The number of nitrogens with zero attached hydrogens (tertiary/aromatic N) is 1. The number of halogens is 1. The summed E-state index contributed by atoms with van der Waals surface area (Å²) in [6, 6.07) is 21.8. The first-order chi connectivity index (χ1) is 15.4. The Bertz CT molecular complexity index is 1220. The molecule has 0 saturated heterocycles. The van der Waals surface area contributed by atoms with Gasteiger partial charge < -0.3 is 4.90 Å². The monoisotopic (exact) mass is 450 g/mol. The number of benzene rings is 3. The number of anilines is 1. The van der Waals surface area contributed by atoms with Crippen LogP contribution in [0, 0.1) is 5.82 Å². The highest BCUT2D eigenvalue weighted by Gasteiger charge is 2.33. The maximum atomic E-state index is 13.5. The quantitative estimate of drug-likeness (QED) is 0.523. The zero-order valence-corrected chi connectivity index (χ0v) is 18.1. The summed E-state index contributed by atoms with van der Waals surface area (Å²) >= 11 is 0. The van der Waals surface area contributed by atoms with Gasteiger partial charge in [0.25, 0.3) is 15.9 Å². The molecule has 32 heavy (non-hydrogen) atoms. The number of carbonyl (C=O) groups excluding carboxylic acids is 1. The van der Waals surface area contributed by atoms with Gasteiger partial charge in [0, 0.05) is 23.8 Å². The van der Waals surface area contributed by atoms with E-state index >= 15 is 0 Å².